The second kappa shape index (κ2) is 4.92. The Morgan fingerprint density at radius 1 is 1.31 bits per heavy atom. The Balaban J connectivity index is 0.00000128. The molecule has 6 nitrogen and oxygen atoms in total. The quantitative estimate of drug-likeness (QED) is 0.536. The first-order chi connectivity index (χ1) is 7.16. The van der Waals surface area contributed by atoms with Crippen LogP contribution < -0.4 is 29.3 Å². The Morgan fingerprint density at radius 3 is 2.38 bits per heavy atom. The molecule has 0 aliphatic carbocycles. The van der Waals surface area contributed by atoms with E-state index >= 15 is 0 Å². The van der Waals surface area contributed by atoms with Crippen LogP contribution in [0.1, 0.15) is 22.1 Å². The zero-order valence-electron chi connectivity index (χ0n) is 8.51. The van der Waals surface area contributed by atoms with Crippen LogP contribution in [0.15, 0.2) is 34.5 Å². The van der Waals surface area contributed by atoms with E-state index < -0.39 is 18.2 Å². The number of aromatic carboxylic acids is 1. The van der Waals surface area contributed by atoms with Crippen molar-refractivity contribution in [2.75, 3.05) is 0 Å². The van der Waals surface area contributed by atoms with Crippen molar-refractivity contribution in [3.8, 4) is 0 Å². The van der Waals surface area contributed by atoms with Crippen molar-refractivity contribution in [2.45, 2.75) is 6.17 Å². The zero-order chi connectivity index (χ0) is 10.8. The second-order valence-corrected chi connectivity index (χ2v) is 2.98. The number of nitrogens with zero attached hydrogens (tertiary/aromatic N) is 2. The summed E-state index contributed by atoms with van der Waals surface area (Å²) in [4.78, 5) is 21.2. The average Bonchev–Trinajstić information content (AvgIpc) is 2.65. The molecule has 0 saturated carbocycles. The SMILES string of the molecule is O=C1N=NC(c2ccc(C(=O)[O-])cc2)N1.[Li+]. The first-order valence-electron chi connectivity index (χ1n) is 4.19. The van der Waals surface area contributed by atoms with E-state index in [0.29, 0.717) is 5.56 Å². The fraction of sp³-hybridized carbons (Fsp3) is 0.111. The first-order valence-corrected chi connectivity index (χ1v) is 4.19. The normalized spacial score (nSPS) is 17.8. The smallest absolute Gasteiger partial charge is 0.545 e. The van der Waals surface area contributed by atoms with E-state index in [2.05, 4.69) is 15.5 Å². The van der Waals surface area contributed by atoms with Gasteiger partial charge in [0.05, 0.1) is 5.97 Å². The van der Waals surface area contributed by atoms with Crippen LogP contribution in [0.5, 0.6) is 0 Å². The molecule has 0 radical (unpaired) electrons. The fourth-order valence-electron chi connectivity index (χ4n) is 1.24. The van der Waals surface area contributed by atoms with Crippen LogP contribution in [-0.2, 0) is 0 Å². The minimum absolute atomic E-state index is 0. The molecular weight excluding hydrogens is 205 g/mol. The van der Waals surface area contributed by atoms with Gasteiger partial charge in [0.2, 0.25) is 0 Å². The molecule has 0 aromatic heterocycles. The van der Waals surface area contributed by atoms with Gasteiger partial charge in [0, 0.05) is 0 Å². The molecule has 0 fully saturated rings. The molecule has 2 rings (SSSR count). The zero-order valence-corrected chi connectivity index (χ0v) is 8.51. The molecule has 16 heavy (non-hydrogen) atoms. The van der Waals surface area contributed by atoms with E-state index in [4.69, 9.17) is 0 Å². The van der Waals surface area contributed by atoms with Gasteiger partial charge in [-0.25, -0.2) is 4.79 Å². The maximum absolute atomic E-state index is 10.7. The maximum atomic E-state index is 10.7. The summed E-state index contributed by atoms with van der Waals surface area (Å²) in [5.41, 5.74) is 0.759. The average molecular weight is 211 g/mol. The summed E-state index contributed by atoms with van der Waals surface area (Å²) in [6, 6.07) is 5.40. The minimum atomic E-state index is -1.24. The largest absolute Gasteiger partial charge is 1.00 e. The van der Waals surface area contributed by atoms with E-state index in [-0.39, 0.29) is 24.4 Å². The molecular formula is C9H6LiN3O3. The van der Waals surface area contributed by atoms with E-state index in [1.54, 1.807) is 12.1 Å². The number of amides is 2. The molecule has 0 spiro atoms. The number of carbonyl (C=O) groups is 2. The monoisotopic (exact) mass is 211 g/mol. The molecule has 0 saturated heterocycles. The van der Waals surface area contributed by atoms with Gasteiger partial charge in [-0.05, 0) is 11.1 Å². The van der Waals surface area contributed by atoms with Gasteiger partial charge in [0.1, 0.15) is 0 Å². The number of carboxylic acids is 1. The molecule has 1 heterocycles. The predicted molar refractivity (Wildman–Crippen MR) is 46.9 cm³/mol. The van der Waals surface area contributed by atoms with Gasteiger partial charge in [-0.1, -0.05) is 29.4 Å². The summed E-state index contributed by atoms with van der Waals surface area (Å²) in [6.45, 7) is 0. The molecule has 1 atom stereocenters. The van der Waals surface area contributed by atoms with Crippen molar-refractivity contribution >= 4 is 12.0 Å². The Kier molecular flexibility index (Phi) is 3.82. The van der Waals surface area contributed by atoms with E-state index in [1.807, 2.05) is 0 Å². The van der Waals surface area contributed by atoms with Gasteiger partial charge < -0.3 is 15.2 Å². The molecule has 1 unspecified atom stereocenters. The van der Waals surface area contributed by atoms with Crippen molar-refractivity contribution in [2.24, 2.45) is 10.2 Å². The summed E-state index contributed by atoms with van der Waals surface area (Å²) < 4.78 is 0. The Bertz CT molecular complexity index is 444. The first kappa shape index (κ1) is 12.4. The molecule has 1 aromatic carbocycles. The molecule has 2 amide bonds. The number of azo groups is 1. The number of hydrogen-bond donors (Lipinski definition) is 1. The van der Waals surface area contributed by atoms with Crippen molar-refractivity contribution in [3.63, 3.8) is 0 Å². The third-order valence-corrected chi connectivity index (χ3v) is 1.99. The second-order valence-electron chi connectivity index (χ2n) is 2.98. The number of nitrogens with one attached hydrogen (secondary N) is 1. The molecule has 0 bridgehead atoms. The number of carbonyl (C=O) groups excluding carboxylic acids is 2. The van der Waals surface area contributed by atoms with Crippen molar-refractivity contribution < 1.29 is 33.6 Å². The Labute approximate surface area is 103 Å². The van der Waals surface area contributed by atoms with Gasteiger partial charge in [-0.3, -0.25) is 0 Å². The van der Waals surface area contributed by atoms with Crippen molar-refractivity contribution in [1.29, 1.82) is 0 Å². The van der Waals surface area contributed by atoms with Crippen molar-refractivity contribution in [1.82, 2.24) is 5.32 Å². The van der Waals surface area contributed by atoms with Crippen LogP contribution in [0.3, 0.4) is 0 Å². The predicted octanol–water partition coefficient (Wildman–Crippen LogP) is -2.77. The van der Waals surface area contributed by atoms with E-state index in [0.717, 1.165) is 0 Å². The van der Waals surface area contributed by atoms with Crippen LogP contribution in [-0.4, -0.2) is 12.0 Å². The number of carboxylic acid groups (broad SMARTS) is 1. The summed E-state index contributed by atoms with van der Waals surface area (Å²) in [5.74, 6) is -1.24. The van der Waals surface area contributed by atoms with Crippen LogP contribution in [0, 0.1) is 0 Å². The Hall–Kier alpha value is -1.64. The standard InChI is InChI=1S/C9H7N3O3.Li/c13-8(14)6-3-1-5(2-4-6)7-10-9(15)12-11-7;/h1-4,7H,(H,10,15)(H,13,14);/q;+1/p-1. The topological polar surface area (TPSA) is 94.0 Å². The van der Waals surface area contributed by atoms with E-state index in [9.17, 15) is 14.7 Å². The van der Waals surface area contributed by atoms with Crippen molar-refractivity contribution in [3.05, 3.63) is 35.4 Å². The fourth-order valence-corrected chi connectivity index (χ4v) is 1.24. The maximum Gasteiger partial charge on any atom is 1.00 e. The summed E-state index contributed by atoms with van der Waals surface area (Å²) in [6.07, 6.45) is -0.520. The third-order valence-electron chi connectivity index (χ3n) is 1.99. The summed E-state index contributed by atoms with van der Waals surface area (Å²) >= 11 is 0. The molecule has 1 aliphatic heterocycles. The number of hydrogen-bond acceptors (Lipinski definition) is 4. The van der Waals surface area contributed by atoms with Gasteiger partial charge in [-0.2, -0.15) is 5.11 Å². The van der Waals surface area contributed by atoms with Gasteiger partial charge >= 0.3 is 24.9 Å². The van der Waals surface area contributed by atoms with Gasteiger partial charge in [0.15, 0.2) is 6.17 Å². The number of urea groups is 1. The number of benzene rings is 1. The summed E-state index contributed by atoms with van der Waals surface area (Å²) in [7, 11) is 0. The Morgan fingerprint density at radius 2 is 1.94 bits per heavy atom. The molecule has 76 valence electrons. The van der Waals surface area contributed by atoms with Crippen LogP contribution >= 0.6 is 0 Å². The van der Waals surface area contributed by atoms with Crippen LogP contribution in [0.25, 0.3) is 0 Å². The van der Waals surface area contributed by atoms with Crippen LogP contribution in [0.2, 0.25) is 0 Å². The molecule has 1 aliphatic rings. The minimum Gasteiger partial charge on any atom is -0.545 e. The molecule has 1 aromatic rings. The summed E-state index contributed by atoms with van der Waals surface area (Å²) in [5, 5.41) is 19.9. The van der Waals surface area contributed by atoms with Crippen LogP contribution in [0.4, 0.5) is 4.79 Å². The van der Waals surface area contributed by atoms with E-state index in [1.165, 1.54) is 12.1 Å². The molecule has 7 heteroatoms. The number of rotatable bonds is 2. The van der Waals surface area contributed by atoms with Gasteiger partial charge in [0.25, 0.3) is 0 Å². The van der Waals surface area contributed by atoms with Gasteiger partial charge in [-0.15, -0.1) is 0 Å². The molecule has 1 N–H and O–H groups in total. The third kappa shape index (κ3) is 2.48.